The lowest BCUT2D eigenvalue weighted by Crippen LogP contribution is -2.34. The van der Waals surface area contributed by atoms with Crippen LogP contribution >= 0.6 is 0 Å². The highest BCUT2D eigenvalue weighted by Crippen LogP contribution is 2.26. The summed E-state index contributed by atoms with van der Waals surface area (Å²) in [6, 6.07) is 0. The topological polar surface area (TPSA) is 72.8 Å². The molecule has 0 aliphatic heterocycles. The van der Waals surface area contributed by atoms with E-state index in [1.165, 1.54) is 0 Å². The van der Waals surface area contributed by atoms with Crippen LogP contribution in [0.5, 0.6) is 0 Å². The lowest BCUT2D eigenvalue weighted by molar-refractivity contribution is -0.186. The Labute approximate surface area is 101 Å². The Morgan fingerprint density at radius 2 is 1.82 bits per heavy atom. The molecular formula is C12H18O5. The molecule has 0 aromatic heterocycles. The average Bonchev–Trinajstić information content (AvgIpc) is 2.28. The summed E-state index contributed by atoms with van der Waals surface area (Å²) >= 11 is 0. The van der Waals surface area contributed by atoms with Gasteiger partial charge in [-0.2, -0.15) is 0 Å². The molecule has 0 aliphatic carbocycles. The first-order chi connectivity index (χ1) is 7.83. The molecule has 0 spiro atoms. The van der Waals surface area contributed by atoms with Gasteiger partial charge in [-0.1, -0.05) is 27.0 Å². The van der Waals surface area contributed by atoms with Crippen molar-refractivity contribution in [3.63, 3.8) is 0 Å². The molecule has 0 aromatic rings. The molecule has 1 atom stereocenters. The summed E-state index contributed by atoms with van der Waals surface area (Å²) in [5.74, 6) is -1.23. The largest absolute Gasteiger partial charge is 0.463 e. The van der Waals surface area contributed by atoms with Crippen LogP contribution in [0.4, 0.5) is 0 Å². The van der Waals surface area contributed by atoms with Gasteiger partial charge in [0.1, 0.15) is 0 Å². The monoisotopic (exact) mass is 242 g/mol. The van der Waals surface area contributed by atoms with Gasteiger partial charge in [0, 0.05) is 17.6 Å². The lowest BCUT2D eigenvalue weighted by atomic mass is 9.89. The SMILES string of the molecule is C=CC(=O)OCCC(C)(C)C(O)OC(=O)C=C. The van der Waals surface area contributed by atoms with Gasteiger partial charge in [0.2, 0.25) is 6.29 Å². The van der Waals surface area contributed by atoms with Crippen LogP contribution in [-0.2, 0) is 19.1 Å². The van der Waals surface area contributed by atoms with Crippen molar-refractivity contribution in [3.05, 3.63) is 25.3 Å². The maximum atomic E-state index is 10.9. The molecule has 5 nitrogen and oxygen atoms in total. The molecule has 0 rings (SSSR count). The predicted molar refractivity (Wildman–Crippen MR) is 61.8 cm³/mol. The Morgan fingerprint density at radius 1 is 1.29 bits per heavy atom. The number of aliphatic hydroxyl groups excluding tert-OH is 1. The van der Waals surface area contributed by atoms with Crippen molar-refractivity contribution in [2.45, 2.75) is 26.6 Å². The molecule has 17 heavy (non-hydrogen) atoms. The van der Waals surface area contributed by atoms with E-state index < -0.39 is 23.6 Å². The number of esters is 2. The van der Waals surface area contributed by atoms with Gasteiger partial charge in [-0.25, -0.2) is 9.59 Å². The van der Waals surface area contributed by atoms with Crippen molar-refractivity contribution in [2.75, 3.05) is 6.61 Å². The number of ether oxygens (including phenoxy) is 2. The van der Waals surface area contributed by atoms with Gasteiger partial charge in [0.25, 0.3) is 0 Å². The molecular weight excluding hydrogens is 224 g/mol. The summed E-state index contributed by atoms with van der Waals surface area (Å²) < 4.78 is 9.47. The van der Waals surface area contributed by atoms with E-state index in [-0.39, 0.29) is 6.61 Å². The first-order valence-electron chi connectivity index (χ1n) is 5.14. The van der Waals surface area contributed by atoms with Crippen molar-refractivity contribution in [2.24, 2.45) is 5.41 Å². The summed E-state index contributed by atoms with van der Waals surface area (Å²) in [5, 5.41) is 9.65. The van der Waals surface area contributed by atoms with Crippen LogP contribution in [0.15, 0.2) is 25.3 Å². The molecule has 0 aromatic carbocycles. The zero-order chi connectivity index (χ0) is 13.5. The quantitative estimate of drug-likeness (QED) is 0.412. The number of carbonyl (C=O) groups excluding carboxylic acids is 2. The standard InChI is InChI=1S/C12H18O5/c1-5-9(13)16-8-7-12(3,4)11(15)17-10(14)6-2/h5-6,11,15H,1-2,7-8H2,3-4H3. The Bertz CT molecular complexity index is 306. The molecule has 0 amide bonds. The van der Waals surface area contributed by atoms with E-state index in [1.54, 1.807) is 13.8 Å². The third kappa shape index (κ3) is 5.87. The minimum absolute atomic E-state index is 0.112. The zero-order valence-corrected chi connectivity index (χ0v) is 10.1. The van der Waals surface area contributed by atoms with Crippen LogP contribution in [0, 0.1) is 5.41 Å². The highest BCUT2D eigenvalue weighted by molar-refractivity contribution is 5.81. The van der Waals surface area contributed by atoms with Crippen LogP contribution in [0.2, 0.25) is 0 Å². The van der Waals surface area contributed by atoms with Crippen LogP contribution in [0.3, 0.4) is 0 Å². The molecule has 0 radical (unpaired) electrons. The van der Waals surface area contributed by atoms with Crippen molar-refractivity contribution < 1.29 is 24.2 Å². The molecule has 0 aliphatic rings. The van der Waals surface area contributed by atoms with Crippen LogP contribution in [0.1, 0.15) is 20.3 Å². The molecule has 0 fully saturated rings. The summed E-state index contributed by atoms with van der Waals surface area (Å²) in [5.41, 5.74) is -0.722. The summed E-state index contributed by atoms with van der Waals surface area (Å²) in [7, 11) is 0. The molecule has 0 bridgehead atoms. The van der Waals surface area contributed by atoms with Gasteiger partial charge < -0.3 is 14.6 Å². The van der Waals surface area contributed by atoms with Gasteiger partial charge in [-0.05, 0) is 6.42 Å². The van der Waals surface area contributed by atoms with Crippen LogP contribution in [0.25, 0.3) is 0 Å². The van der Waals surface area contributed by atoms with Crippen LogP contribution < -0.4 is 0 Å². The van der Waals surface area contributed by atoms with E-state index in [0.29, 0.717) is 6.42 Å². The fraction of sp³-hybridized carbons (Fsp3) is 0.500. The number of hydrogen-bond acceptors (Lipinski definition) is 5. The Hall–Kier alpha value is -1.62. The predicted octanol–water partition coefficient (Wildman–Crippen LogP) is 1.18. The molecule has 5 heteroatoms. The number of carbonyl (C=O) groups is 2. The Morgan fingerprint density at radius 3 is 2.29 bits per heavy atom. The van der Waals surface area contributed by atoms with Gasteiger partial charge in [0.05, 0.1) is 6.61 Å². The fourth-order valence-corrected chi connectivity index (χ4v) is 0.915. The summed E-state index contributed by atoms with van der Waals surface area (Å²) in [6.45, 7) is 9.98. The van der Waals surface area contributed by atoms with E-state index in [9.17, 15) is 14.7 Å². The second kappa shape index (κ2) is 6.85. The smallest absolute Gasteiger partial charge is 0.332 e. The lowest BCUT2D eigenvalue weighted by Gasteiger charge is -2.29. The second-order valence-electron chi connectivity index (χ2n) is 4.10. The minimum Gasteiger partial charge on any atom is -0.463 e. The molecule has 96 valence electrons. The van der Waals surface area contributed by atoms with Gasteiger partial charge in [0.15, 0.2) is 0 Å². The van der Waals surface area contributed by atoms with Crippen molar-refractivity contribution in [1.29, 1.82) is 0 Å². The maximum Gasteiger partial charge on any atom is 0.332 e. The van der Waals surface area contributed by atoms with Crippen molar-refractivity contribution >= 4 is 11.9 Å². The van der Waals surface area contributed by atoms with Crippen molar-refractivity contribution in [3.8, 4) is 0 Å². The summed E-state index contributed by atoms with van der Waals surface area (Å²) in [4.78, 5) is 21.7. The third-order valence-corrected chi connectivity index (χ3v) is 2.22. The van der Waals surface area contributed by atoms with E-state index in [4.69, 9.17) is 4.74 Å². The van der Waals surface area contributed by atoms with E-state index in [2.05, 4.69) is 17.9 Å². The average molecular weight is 242 g/mol. The second-order valence-corrected chi connectivity index (χ2v) is 4.10. The normalized spacial score (nSPS) is 12.4. The van der Waals surface area contributed by atoms with E-state index in [1.807, 2.05) is 0 Å². The zero-order valence-electron chi connectivity index (χ0n) is 10.1. The van der Waals surface area contributed by atoms with Gasteiger partial charge >= 0.3 is 11.9 Å². The molecule has 0 heterocycles. The molecule has 1 unspecified atom stereocenters. The van der Waals surface area contributed by atoms with E-state index in [0.717, 1.165) is 12.2 Å². The summed E-state index contributed by atoms with van der Waals surface area (Å²) in [6.07, 6.45) is 1.09. The van der Waals surface area contributed by atoms with Gasteiger partial charge in [-0.15, -0.1) is 0 Å². The fourth-order valence-electron chi connectivity index (χ4n) is 0.915. The molecule has 0 saturated heterocycles. The van der Waals surface area contributed by atoms with Crippen molar-refractivity contribution in [1.82, 2.24) is 0 Å². The minimum atomic E-state index is -1.28. The van der Waals surface area contributed by atoms with Gasteiger partial charge in [-0.3, -0.25) is 0 Å². The Balaban J connectivity index is 4.16. The maximum absolute atomic E-state index is 10.9. The highest BCUT2D eigenvalue weighted by atomic mass is 16.6. The number of aliphatic hydroxyl groups is 1. The van der Waals surface area contributed by atoms with Crippen LogP contribution in [-0.4, -0.2) is 29.9 Å². The first-order valence-corrected chi connectivity index (χ1v) is 5.14. The molecule has 0 saturated carbocycles. The Kier molecular flexibility index (Phi) is 6.20. The highest BCUT2D eigenvalue weighted by Gasteiger charge is 2.30. The number of rotatable bonds is 7. The third-order valence-electron chi connectivity index (χ3n) is 2.22. The number of hydrogen-bond donors (Lipinski definition) is 1. The first kappa shape index (κ1) is 15.4. The molecule has 1 N–H and O–H groups in total. The van der Waals surface area contributed by atoms with E-state index >= 15 is 0 Å².